The molecule has 2 aromatic heterocycles. The number of nitrogens with one attached hydrogen (secondary N) is 1. The molecule has 0 atom stereocenters. The molecule has 0 aliphatic rings. The SMILES string of the molecule is CCOC(=O)CNc1c(-c2ccc(OC(=O)C(C)(C)C)c(OC)c2)nc2ccc(Br)cn12. The van der Waals surface area contributed by atoms with Crippen molar-refractivity contribution >= 4 is 39.3 Å². The summed E-state index contributed by atoms with van der Waals surface area (Å²) in [7, 11) is 1.51. The number of carbonyl (C=O) groups excluding carboxylic acids is 2. The van der Waals surface area contributed by atoms with Gasteiger partial charge < -0.3 is 19.5 Å². The second kappa shape index (κ2) is 9.60. The number of methoxy groups -OCH3 is 1. The Labute approximate surface area is 195 Å². The maximum absolute atomic E-state index is 12.3. The number of anilines is 1. The van der Waals surface area contributed by atoms with Crippen LogP contribution in [0.4, 0.5) is 5.82 Å². The van der Waals surface area contributed by atoms with Gasteiger partial charge in [-0.2, -0.15) is 0 Å². The molecule has 0 aliphatic carbocycles. The van der Waals surface area contributed by atoms with E-state index >= 15 is 0 Å². The van der Waals surface area contributed by atoms with E-state index in [1.165, 1.54) is 7.11 Å². The van der Waals surface area contributed by atoms with E-state index in [1.807, 2.05) is 22.7 Å². The number of hydrogen-bond donors (Lipinski definition) is 1. The Hall–Kier alpha value is -3.07. The number of halogens is 1. The maximum Gasteiger partial charge on any atom is 0.325 e. The van der Waals surface area contributed by atoms with Crippen LogP contribution in [0.25, 0.3) is 16.9 Å². The van der Waals surface area contributed by atoms with Gasteiger partial charge in [-0.05, 0) is 74.0 Å². The highest BCUT2D eigenvalue weighted by Crippen LogP contribution is 2.37. The molecule has 0 aliphatic heterocycles. The molecule has 0 saturated heterocycles. The number of aromatic nitrogens is 2. The van der Waals surface area contributed by atoms with E-state index in [2.05, 4.69) is 21.2 Å². The fourth-order valence-electron chi connectivity index (χ4n) is 2.91. The first kappa shape index (κ1) is 23.6. The van der Waals surface area contributed by atoms with Crippen LogP contribution < -0.4 is 14.8 Å². The summed E-state index contributed by atoms with van der Waals surface area (Å²) < 4.78 is 18.7. The molecule has 8 nitrogen and oxygen atoms in total. The number of imidazole rings is 1. The molecule has 0 unspecified atom stereocenters. The number of benzene rings is 1. The smallest absolute Gasteiger partial charge is 0.325 e. The van der Waals surface area contributed by atoms with Crippen LogP contribution in [0.3, 0.4) is 0 Å². The number of carbonyl (C=O) groups is 2. The van der Waals surface area contributed by atoms with Gasteiger partial charge in [0.05, 0.1) is 19.1 Å². The predicted molar refractivity (Wildman–Crippen MR) is 125 cm³/mol. The van der Waals surface area contributed by atoms with E-state index in [0.717, 1.165) is 10.0 Å². The minimum absolute atomic E-state index is 0.0143. The number of fused-ring (bicyclic) bond motifs is 1. The number of pyridine rings is 1. The third-order valence-electron chi connectivity index (χ3n) is 4.54. The molecule has 32 heavy (non-hydrogen) atoms. The molecule has 0 amide bonds. The predicted octanol–water partition coefficient (Wildman–Crippen LogP) is 4.70. The van der Waals surface area contributed by atoms with Crippen LogP contribution >= 0.6 is 15.9 Å². The van der Waals surface area contributed by atoms with Crippen molar-refractivity contribution in [2.24, 2.45) is 5.41 Å². The first-order chi connectivity index (χ1) is 15.1. The van der Waals surface area contributed by atoms with Crippen molar-refractivity contribution in [2.75, 3.05) is 25.6 Å². The summed E-state index contributed by atoms with van der Waals surface area (Å²) >= 11 is 3.47. The molecule has 0 bridgehead atoms. The lowest BCUT2D eigenvalue weighted by Crippen LogP contribution is -2.25. The molecule has 0 fully saturated rings. The van der Waals surface area contributed by atoms with Crippen molar-refractivity contribution in [3.63, 3.8) is 0 Å². The third-order valence-corrected chi connectivity index (χ3v) is 5.01. The Morgan fingerprint density at radius 1 is 1.16 bits per heavy atom. The fraction of sp³-hybridized carbons (Fsp3) is 0.348. The van der Waals surface area contributed by atoms with Gasteiger partial charge in [0.25, 0.3) is 0 Å². The van der Waals surface area contributed by atoms with E-state index < -0.39 is 5.41 Å². The van der Waals surface area contributed by atoms with Crippen LogP contribution in [0, 0.1) is 5.41 Å². The van der Waals surface area contributed by atoms with Crippen molar-refractivity contribution in [1.82, 2.24) is 9.38 Å². The van der Waals surface area contributed by atoms with Crippen LogP contribution in [0.2, 0.25) is 0 Å². The quantitative estimate of drug-likeness (QED) is 0.369. The zero-order valence-electron chi connectivity index (χ0n) is 18.7. The lowest BCUT2D eigenvalue weighted by molar-refractivity contribution is -0.143. The van der Waals surface area contributed by atoms with Gasteiger partial charge in [0.1, 0.15) is 23.7 Å². The summed E-state index contributed by atoms with van der Waals surface area (Å²) in [6.07, 6.45) is 1.86. The second-order valence-electron chi connectivity index (χ2n) is 8.05. The molecule has 0 spiro atoms. The van der Waals surface area contributed by atoms with Gasteiger partial charge in [0.2, 0.25) is 0 Å². The van der Waals surface area contributed by atoms with Crippen molar-refractivity contribution in [2.45, 2.75) is 27.7 Å². The van der Waals surface area contributed by atoms with Gasteiger partial charge in [-0.1, -0.05) is 0 Å². The largest absolute Gasteiger partial charge is 0.493 e. The van der Waals surface area contributed by atoms with E-state index in [1.54, 1.807) is 45.9 Å². The first-order valence-electron chi connectivity index (χ1n) is 10.1. The minimum atomic E-state index is -0.650. The number of rotatable bonds is 7. The van der Waals surface area contributed by atoms with E-state index in [0.29, 0.717) is 35.3 Å². The van der Waals surface area contributed by atoms with Crippen LogP contribution in [0.1, 0.15) is 27.7 Å². The zero-order chi connectivity index (χ0) is 23.5. The van der Waals surface area contributed by atoms with Gasteiger partial charge in [-0.3, -0.25) is 14.0 Å². The normalized spacial score (nSPS) is 11.3. The Morgan fingerprint density at radius 3 is 2.56 bits per heavy atom. The Morgan fingerprint density at radius 2 is 1.91 bits per heavy atom. The van der Waals surface area contributed by atoms with Crippen molar-refractivity contribution in [3.05, 3.63) is 41.0 Å². The maximum atomic E-state index is 12.3. The number of ether oxygens (including phenoxy) is 3. The van der Waals surface area contributed by atoms with Crippen molar-refractivity contribution in [3.8, 4) is 22.8 Å². The minimum Gasteiger partial charge on any atom is -0.493 e. The molecule has 3 aromatic rings. The zero-order valence-corrected chi connectivity index (χ0v) is 20.3. The molecule has 3 rings (SSSR count). The summed E-state index contributed by atoms with van der Waals surface area (Å²) in [6, 6.07) is 8.96. The lowest BCUT2D eigenvalue weighted by atomic mass is 9.97. The molecule has 170 valence electrons. The highest BCUT2D eigenvalue weighted by Gasteiger charge is 2.25. The summed E-state index contributed by atoms with van der Waals surface area (Å²) in [5.74, 6) is 0.609. The first-order valence-corrected chi connectivity index (χ1v) is 10.9. The van der Waals surface area contributed by atoms with E-state index in [9.17, 15) is 9.59 Å². The highest BCUT2D eigenvalue weighted by molar-refractivity contribution is 9.10. The van der Waals surface area contributed by atoms with Crippen LogP contribution in [0.15, 0.2) is 41.0 Å². The summed E-state index contributed by atoms with van der Waals surface area (Å²) in [5.41, 5.74) is 1.38. The fourth-order valence-corrected chi connectivity index (χ4v) is 3.25. The van der Waals surface area contributed by atoms with Crippen LogP contribution in [-0.2, 0) is 14.3 Å². The average molecular weight is 504 g/mol. The number of nitrogens with zero attached hydrogens (tertiary/aromatic N) is 2. The molecule has 1 N–H and O–H groups in total. The summed E-state index contributed by atoms with van der Waals surface area (Å²) in [6.45, 7) is 7.40. The Kier molecular flexibility index (Phi) is 7.08. The Balaban J connectivity index is 2.03. The summed E-state index contributed by atoms with van der Waals surface area (Å²) in [4.78, 5) is 29.0. The van der Waals surface area contributed by atoms with Crippen LogP contribution in [-0.4, -0.2) is 41.6 Å². The molecular weight excluding hydrogens is 478 g/mol. The summed E-state index contributed by atoms with van der Waals surface area (Å²) in [5, 5.41) is 3.13. The molecule has 0 radical (unpaired) electrons. The van der Waals surface area contributed by atoms with Gasteiger partial charge in [-0.25, -0.2) is 4.98 Å². The topological polar surface area (TPSA) is 91.2 Å². The lowest BCUT2D eigenvalue weighted by Gasteiger charge is -2.18. The van der Waals surface area contributed by atoms with E-state index in [-0.39, 0.29) is 18.5 Å². The average Bonchev–Trinajstić information content (AvgIpc) is 3.09. The van der Waals surface area contributed by atoms with Gasteiger partial charge in [-0.15, -0.1) is 0 Å². The molecule has 9 heteroatoms. The monoisotopic (exact) mass is 503 g/mol. The standard InChI is InChI=1S/C23H26BrN3O5/c1-6-31-19(28)12-25-21-20(26-18-10-8-15(24)13-27(18)21)14-7-9-16(17(11-14)30-5)32-22(29)23(2,3)4/h7-11,13,25H,6,12H2,1-5H3. The van der Waals surface area contributed by atoms with Crippen LogP contribution in [0.5, 0.6) is 11.5 Å². The molecular formula is C23H26BrN3O5. The molecule has 1 aromatic carbocycles. The molecule has 2 heterocycles. The van der Waals surface area contributed by atoms with Gasteiger partial charge in [0, 0.05) is 16.2 Å². The van der Waals surface area contributed by atoms with Crippen molar-refractivity contribution in [1.29, 1.82) is 0 Å². The number of esters is 2. The third kappa shape index (κ3) is 5.21. The van der Waals surface area contributed by atoms with E-state index in [4.69, 9.17) is 19.2 Å². The van der Waals surface area contributed by atoms with Gasteiger partial charge >= 0.3 is 11.9 Å². The Bertz CT molecular complexity index is 1150. The number of hydrogen-bond acceptors (Lipinski definition) is 7. The van der Waals surface area contributed by atoms with Gasteiger partial charge in [0.15, 0.2) is 11.5 Å². The molecule has 0 saturated carbocycles. The highest BCUT2D eigenvalue weighted by atomic mass is 79.9. The van der Waals surface area contributed by atoms with Crippen molar-refractivity contribution < 1.29 is 23.8 Å². The second-order valence-corrected chi connectivity index (χ2v) is 8.96.